The van der Waals surface area contributed by atoms with Crippen LogP contribution in [0, 0.1) is 5.92 Å². The first kappa shape index (κ1) is 21.4. The van der Waals surface area contributed by atoms with E-state index >= 15 is 0 Å². The minimum Gasteiger partial charge on any atom is -0.456 e. The Bertz CT molecular complexity index is 1020. The van der Waals surface area contributed by atoms with Crippen LogP contribution in [0.4, 0.5) is 8.78 Å². The molecule has 0 fully saturated rings. The molecule has 1 atom stereocenters. The predicted molar refractivity (Wildman–Crippen MR) is 108 cm³/mol. The van der Waals surface area contributed by atoms with Crippen molar-refractivity contribution in [1.82, 2.24) is 14.9 Å². The number of amides is 1. The lowest BCUT2D eigenvalue weighted by Gasteiger charge is -2.21. The van der Waals surface area contributed by atoms with E-state index in [1.807, 2.05) is 30.3 Å². The number of ether oxygens (including phenoxy) is 1. The standard InChI is InChI=1S/C22H23F2N3O3/c1-14(2)20(26-19(28)12-15-8-4-3-5-9-15)21(29)30-13-18-25-16-10-6-7-11-17(16)27(18)22(23)24/h3-11,14,20,22H,12-13H2,1-2H3,(H,26,28)/t20-/m0/s1. The number of carbonyl (C=O) groups is 2. The van der Waals surface area contributed by atoms with Crippen molar-refractivity contribution < 1.29 is 23.1 Å². The average Bonchev–Trinajstić information content (AvgIpc) is 3.09. The topological polar surface area (TPSA) is 73.2 Å². The summed E-state index contributed by atoms with van der Waals surface area (Å²) >= 11 is 0. The van der Waals surface area contributed by atoms with Crippen molar-refractivity contribution in [2.75, 3.05) is 0 Å². The van der Waals surface area contributed by atoms with Crippen LogP contribution < -0.4 is 5.32 Å². The highest BCUT2D eigenvalue weighted by Gasteiger charge is 2.27. The number of nitrogens with one attached hydrogen (secondary N) is 1. The smallest absolute Gasteiger partial charge is 0.329 e. The molecule has 0 saturated carbocycles. The van der Waals surface area contributed by atoms with Crippen molar-refractivity contribution in [2.24, 2.45) is 5.92 Å². The number of imidazole rings is 1. The van der Waals surface area contributed by atoms with E-state index in [2.05, 4.69) is 10.3 Å². The van der Waals surface area contributed by atoms with Gasteiger partial charge < -0.3 is 10.1 Å². The summed E-state index contributed by atoms with van der Waals surface area (Å²) in [6.07, 6.45) is 0.124. The normalized spacial score (nSPS) is 12.3. The number of carbonyl (C=O) groups excluding carboxylic acids is 2. The van der Waals surface area contributed by atoms with Gasteiger partial charge in [-0.1, -0.05) is 56.3 Å². The molecule has 0 radical (unpaired) electrons. The molecule has 0 unspecified atom stereocenters. The molecule has 3 aromatic rings. The molecule has 0 spiro atoms. The lowest BCUT2D eigenvalue weighted by atomic mass is 10.0. The van der Waals surface area contributed by atoms with Crippen molar-refractivity contribution in [2.45, 2.75) is 39.5 Å². The van der Waals surface area contributed by atoms with Gasteiger partial charge in [-0.2, -0.15) is 8.78 Å². The zero-order valence-corrected chi connectivity index (χ0v) is 16.7. The molecule has 0 bridgehead atoms. The Morgan fingerprint density at radius 2 is 1.73 bits per heavy atom. The van der Waals surface area contributed by atoms with Crippen LogP contribution in [-0.4, -0.2) is 27.5 Å². The van der Waals surface area contributed by atoms with E-state index in [0.717, 1.165) is 10.1 Å². The fourth-order valence-corrected chi connectivity index (χ4v) is 3.14. The van der Waals surface area contributed by atoms with Gasteiger partial charge in [-0.15, -0.1) is 0 Å². The number of hydrogen-bond donors (Lipinski definition) is 1. The molecule has 0 saturated heterocycles. The highest BCUT2D eigenvalue weighted by atomic mass is 19.3. The van der Waals surface area contributed by atoms with Crippen LogP contribution in [0.5, 0.6) is 0 Å². The van der Waals surface area contributed by atoms with Crippen LogP contribution in [-0.2, 0) is 27.4 Å². The fourth-order valence-electron chi connectivity index (χ4n) is 3.14. The number of rotatable bonds is 8. The largest absolute Gasteiger partial charge is 0.456 e. The van der Waals surface area contributed by atoms with Crippen molar-refractivity contribution >= 4 is 22.9 Å². The fraction of sp³-hybridized carbons (Fsp3) is 0.318. The Balaban J connectivity index is 1.68. The summed E-state index contributed by atoms with van der Waals surface area (Å²) in [5.41, 5.74) is 1.46. The Labute approximate surface area is 172 Å². The number of aromatic nitrogens is 2. The molecule has 30 heavy (non-hydrogen) atoms. The maximum absolute atomic E-state index is 13.5. The molecule has 8 heteroatoms. The molecule has 0 aliphatic carbocycles. The summed E-state index contributed by atoms with van der Waals surface area (Å²) < 4.78 is 33.0. The number of nitrogens with zero attached hydrogens (tertiary/aromatic N) is 2. The van der Waals surface area contributed by atoms with Crippen molar-refractivity contribution in [1.29, 1.82) is 0 Å². The second kappa shape index (κ2) is 9.47. The SMILES string of the molecule is CC(C)[C@H](NC(=O)Cc1ccccc1)C(=O)OCc1nc2ccccc2n1C(F)F. The van der Waals surface area contributed by atoms with E-state index in [0.29, 0.717) is 5.52 Å². The lowest BCUT2D eigenvalue weighted by molar-refractivity contribution is -0.150. The van der Waals surface area contributed by atoms with E-state index in [-0.39, 0.29) is 29.6 Å². The first-order valence-corrected chi connectivity index (χ1v) is 9.60. The molecule has 2 aromatic carbocycles. The van der Waals surface area contributed by atoms with Crippen molar-refractivity contribution in [3.8, 4) is 0 Å². The molecule has 1 amide bonds. The Morgan fingerprint density at radius 3 is 2.40 bits per heavy atom. The van der Waals surface area contributed by atoms with Crippen molar-refractivity contribution in [3.05, 3.63) is 66.0 Å². The van der Waals surface area contributed by atoms with Gasteiger partial charge in [0.1, 0.15) is 12.6 Å². The maximum Gasteiger partial charge on any atom is 0.329 e. The Kier molecular flexibility index (Phi) is 6.76. The van der Waals surface area contributed by atoms with Crippen LogP contribution in [0.2, 0.25) is 0 Å². The highest BCUT2D eigenvalue weighted by Crippen LogP contribution is 2.23. The lowest BCUT2D eigenvalue weighted by Crippen LogP contribution is -2.45. The average molecular weight is 415 g/mol. The quantitative estimate of drug-likeness (QED) is 0.567. The Morgan fingerprint density at radius 1 is 1.07 bits per heavy atom. The molecule has 6 nitrogen and oxygen atoms in total. The third-order valence-electron chi connectivity index (χ3n) is 4.65. The number of halogens is 2. The summed E-state index contributed by atoms with van der Waals surface area (Å²) in [6, 6.07) is 14.7. The molecule has 1 N–H and O–H groups in total. The van der Waals surface area contributed by atoms with Gasteiger partial charge in [0.05, 0.1) is 17.5 Å². The number of esters is 1. The zero-order chi connectivity index (χ0) is 21.7. The second-order valence-corrected chi connectivity index (χ2v) is 7.22. The molecule has 158 valence electrons. The molecular weight excluding hydrogens is 392 g/mol. The van der Waals surface area contributed by atoms with Gasteiger partial charge in [-0.25, -0.2) is 9.78 Å². The minimum absolute atomic E-state index is 0.0577. The summed E-state index contributed by atoms with van der Waals surface area (Å²) in [6.45, 7) is 0.291. The van der Waals surface area contributed by atoms with Crippen LogP contribution in [0.3, 0.4) is 0 Å². The monoisotopic (exact) mass is 415 g/mol. The van der Waals surface area contributed by atoms with E-state index in [1.54, 1.807) is 32.0 Å². The van der Waals surface area contributed by atoms with Gasteiger partial charge >= 0.3 is 12.5 Å². The van der Waals surface area contributed by atoms with E-state index in [4.69, 9.17) is 4.74 Å². The van der Waals surface area contributed by atoms with Crippen molar-refractivity contribution in [3.63, 3.8) is 0 Å². The van der Waals surface area contributed by atoms with Gasteiger partial charge in [0, 0.05) is 0 Å². The van der Waals surface area contributed by atoms with Crippen LogP contribution >= 0.6 is 0 Å². The Hall–Kier alpha value is -3.29. The number of para-hydroxylation sites is 2. The molecule has 0 aliphatic rings. The van der Waals surface area contributed by atoms with E-state index in [9.17, 15) is 18.4 Å². The van der Waals surface area contributed by atoms with Gasteiger partial charge in [-0.3, -0.25) is 9.36 Å². The predicted octanol–water partition coefficient (Wildman–Crippen LogP) is 3.86. The van der Waals surface area contributed by atoms with Gasteiger partial charge in [0.15, 0.2) is 5.82 Å². The number of benzene rings is 2. The minimum atomic E-state index is -2.82. The molecular formula is C22H23F2N3O3. The molecule has 0 aliphatic heterocycles. The number of alkyl halides is 2. The van der Waals surface area contributed by atoms with E-state index < -0.39 is 25.2 Å². The number of hydrogen-bond acceptors (Lipinski definition) is 4. The third-order valence-corrected chi connectivity index (χ3v) is 4.65. The van der Waals surface area contributed by atoms with Gasteiger partial charge in [0.2, 0.25) is 5.91 Å². The molecule has 1 aromatic heterocycles. The van der Waals surface area contributed by atoms with Crippen LogP contribution in [0.25, 0.3) is 11.0 Å². The molecule has 3 rings (SSSR count). The highest BCUT2D eigenvalue weighted by molar-refractivity contribution is 5.85. The van der Waals surface area contributed by atoms with Gasteiger partial charge in [0.25, 0.3) is 0 Å². The van der Waals surface area contributed by atoms with Gasteiger partial charge in [-0.05, 0) is 23.6 Å². The summed E-state index contributed by atoms with van der Waals surface area (Å²) in [5.74, 6) is -1.32. The number of fused-ring (bicyclic) bond motifs is 1. The first-order chi connectivity index (χ1) is 14.4. The second-order valence-electron chi connectivity index (χ2n) is 7.22. The maximum atomic E-state index is 13.5. The summed E-state index contributed by atoms with van der Waals surface area (Å²) in [7, 11) is 0. The summed E-state index contributed by atoms with van der Waals surface area (Å²) in [4.78, 5) is 29.1. The first-order valence-electron chi connectivity index (χ1n) is 9.60. The van der Waals surface area contributed by atoms with E-state index in [1.165, 1.54) is 6.07 Å². The van der Waals surface area contributed by atoms with Crippen LogP contribution in [0.15, 0.2) is 54.6 Å². The molecule has 1 heterocycles. The summed E-state index contributed by atoms with van der Waals surface area (Å²) in [5, 5.41) is 2.68. The van der Waals surface area contributed by atoms with Crippen LogP contribution in [0.1, 0.15) is 31.8 Å². The zero-order valence-electron chi connectivity index (χ0n) is 16.7. The third kappa shape index (κ3) is 5.00.